The molecule has 7 heteroatoms. The van der Waals surface area contributed by atoms with Gasteiger partial charge in [0, 0.05) is 18.8 Å². The largest absolute Gasteiger partial charge is 0.353 e. The summed E-state index contributed by atoms with van der Waals surface area (Å²) >= 11 is 0. The maximum absolute atomic E-state index is 12.0. The normalized spacial score (nSPS) is 14.5. The first kappa shape index (κ1) is 20.8. The third-order valence-corrected chi connectivity index (χ3v) is 6.04. The average molecular weight is 418 g/mol. The van der Waals surface area contributed by atoms with Gasteiger partial charge in [-0.25, -0.2) is 9.97 Å². The fourth-order valence-electron chi connectivity index (χ4n) is 4.11. The fraction of sp³-hybridized carbons (Fsp3) is 0.333. The van der Waals surface area contributed by atoms with Crippen molar-refractivity contribution < 1.29 is 4.92 Å². The van der Waals surface area contributed by atoms with Gasteiger partial charge in [-0.15, -0.1) is 0 Å². The summed E-state index contributed by atoms with van der Waals surface area (Å²) in [6.45, 7) is 5.54. The Kier molecular flexibility index (Phi) is 6.11. The van der Waals surface area contributed by atoms with Crippen LogP contribution in [0.1, 0.15) is 29.5 Å². The molecule has 3 aromatic rings. The Balaban J connectivity index is 1.51. The van der Waals surface area contributed by atoms with Gasteiger partial charge in [-0.05, 0) is 67.9 Å². The molecule has 1 fully saturated rings. The van der Waals surface area contributed by atoms with Crippen LogP contribution in [0, 0.1) is 29.9 Å². The van der Waals surface area contributed by atoms with Crippen molar-refractivity contribution in [2.24, 2.45) is 5.92 Å². The number of nitrogens with zero attached hydrogens (tertiary/aromatic N) is 4. The van der Waals surface area contributed by atoms with Gasteiger partial charge >= 0.3 is 5.69 Å². The van der Waals surface area contributed by atoms with Gasteiger partial charge in [0.05, 0.1) is 4.92 Å². The van der Waals surface area contributed by atoms with E-state index in [1.165, 1.54) is 17.5 Å². The van der Waals surface area contributed by atoms with Crippen LogP contribution in [-0.4, -0.2) is 28.0 Å². The molecule has 1 aliphatic heterocycles. The fourth-order valence-corrected chi connectivity index (χ4v) is 4.11. The Hall–Kier alpha value is -3.48. The maximum Gasteiger partial charge on any atom is 0.353 e. The van der Waals surface area contributed by atoms with Crippen molar-refractivity contribution >= 4 is 23.0 Å². The summed E-state index contributed by atoms with van der Waals surface area (Å²) in [6, 6.07) is 16.3. The Morgan fingerprint density at radius 1 is 1.06 bits per heavy atom. The first-order valence-corrected chi connectivity index (χ1v) is 10.6. The SMILES string of the molecule is Cc1ccc(Nc2ncnc(N3CCC(Cc4ccccc4)CC3)c2[N+](=O)[O-])cc1C. The first-order valence-electron chi connectivity index (χ1n) is 10.6. The van der Waals surface area contributed by atoms with E-state index in [2.05, 4.69) is 39.6 Å². The topological polar surface area (TPSA) is 84.2 Å². The molecule has 1 aliphatic rings. The minimum absolute atomic E-state index is 0.0674. The number of hydrogen-bond donors (Lipinski definition) is 1. The molecule has 0 bridgehead atoms. The molecule has 0 aliphatic carbocycles. The van der Waals surface area contributed by atoms with E-state index in [1.54, 1.807) is 0 Å². The number of rotatable bonds is 6. The van der Waals surface area contributed by atoms with Crippen LogP contribution >= 0.6 is 0 Å². The molecule has 1 N–H and O–H groups in total. The highest BCUT2D eigenvalue weighted by molar-refractivity contribution is 5.74. The van der Waals surface area contributed by atoms with Crippen molar-refractivity contribution in [3.63, 3.8) is 0 Å². The Morgan fingerprint density at radius 3 is 2.48 bits per heavy atom. The molecule has 0 radical (unpaired) electrons. The molecule has 0 spiro atoms. The van der Waals surface area contributed by atoms with Gasteiger partial charge in [0.25, 0.3) is 0 Å². The van der Waals surface area contributed by atoms with E-state index in [9.17, 15) is 10.1 Å². The van der Waals surface area contributed by atoms with Gasteiger partial charge in [0.2, 0.25) is 11.6 Å². The number of anilines is 3. The van der Waals surface area contributed by atoms with Crippen LogP contribution in [0.4, 0.5) is 23.0 Å². The van der Waals surface area contributed by atoms with Crippen LogP contribution in [0.25, 0.3) is 0 Å². The minimum Gasteiger partial charge on any atom is -0.351 e. The zero-order chi connectivity index (χ0) is 21.8. The third kappa shape index (κ3) is 4.82. The van der Waals surface area contributed by atoms with Crippen LogP contribution < -0.4 is 10.2 Å². The van der Waals surface area contributed by atoms with E-state index >= 15 is 0 Å². The van der Waals surface area contributed by atoms with Gasteiger partial charge in [0.15, 0.2) is 0 Å². The number of benzene rings is 2. The summed E-state index contributed by atoms with van der Waals surface area (Å²) < 4.78 is 0. The lowest BCUT2D eigenvalue weighted by Gasteiger charge is -2.32. The van der Waals surface area contributed by atoms with Gasteiger partial charge in [0.1, 0.15) is 6.33 Å². The van der Waals surface area contributed by atoms with Crippen molar-refractivity contribution in [2.75, 3.05) is 23.3 Å². The van der Waals surface area contributed by atoms with E-state index in [-0.39, 0.29) is 16.4 Å². The second kappa shape index (κ2) is 9.12. The Bertz CT molecular complexity index is 1060. The third-order valence-electron chi connectivity index (χ3n) is 6.04. The average Bonchev–Trinajstić information content (AvgIpc) is 2.77. The predicted molar refractivity (Wildman–Crippen MR) is 123 cm³/mol. The minimum atomic E-state index is -0.380. The zero-order valence-electron chi connectivity index (χ0n) is 17.9. The summed E-state index contributed by atoms with van der Waals surface area (Å²) in [5.41, 5.74) is 4.33. The van der Waals surface area contributed by atoms with Gasteiger partial charge in [-0.2, -0.15) is 0 Å². The van der Waals surface area contributed by atoms with Crippen LogP contribution in [0.5, 0.6) is 0 Å². The lowest BCUT2D eigenvalue weighted by molar-refractivity contribution is -0.383. The van der Waals surface area contributed by atoms with Crippen molar-refractivity contribution in [2.45, 2.75) is 33.1 Å². The number of aromatic nitrogens is 2. The van der Waals surface area contributed by atoms with E-state index in [0.29, 0.717) is 11.7 Å². The van der Waals surface area contributed by atoms with Gasteiger partial charge < -0.3 is 10.2 Å². The van der Waals surface area contributed by atoms with E-state index in [0.717, 1.165) is 43.6 Å². The summed E-state index contributed by atoms with van der Waals surface area (Å²) in [6.07, 6.45) is 4.41. The summed E-state index contributed by atoms with van der Waals surface area (Å²) in [4.78, 5) is 22.1. The Morgan fingerprint density at radius 2 is 1.81 bits per heavy atom. The maximum atomic E-state index is 12.0. The lowest BCUT2D eigenvalue weighted by Crippen LogP contribution is -2.35. The molecule has 2 aromatic carbocycles. The Labute approximate surface area is 182 Å². The summed E-state index contributed by atoms with van der Waals surface area (Å²) in [7, 11) is 0. The van der Waals surface area contributed by atoms with E-state index in [4.69, 9.17) is 0 Å². The van der Waals surface area contributed by atoms with Crippen LogP contribution in [0.2, 0.25) is 0 Å². The molecule has 1 aromatic heterocycles. The highest BCUT2D eigenvalue weighted by Crippen LogP contribution is 2.36. The highest BCUT2D eigenvalue weighted by Gasteiger charge is 2.30. The molecule has 0 atom stereocenters. The molecule has 0 amide bonds. The number of piperidine rings is 1. The zero-order valence-corrected chi connectivity index (χ0v) is 17.9. The molecule has 2 heterocycles. The number of nitro groups is 1. The van der Waals surface area contributed by atoms with Gasteiger partial charge in [-0.1, -0.05) is 36.4 Å². The quantitative estimate of drug-likeness (QED) is 0.438. The molecule has 7 nitrogen and oxygen atoms in total. The predicted octanol–water partition coefficient (Wildman–Crippen LogP) is 5.20. The molecule has 0 saturated carbocycles. The van der Waals surface area contributed by atoms with Crippen molar-refractivity contribution in [3.05, 3.63) is 81.7 Å². The standard InChI is InChI=1S/C24H27N5O2/c1-17-8-9-21(14-18(17)2)27-23-22(29(30)31)24(26-16-25-23)28-12-10-20(11-13-28)15-19-6-4-3-5-7-19/h3-9,14,16,20H,10-13,15H2,1-2H3,(H,25,26,27). The molecular weight excluding hydrogens is 390 g/mol. The number of nitrogens with one attached hydrogen (secondary N) is 1. The highest BCUT2D eigenvalue weighted by atomic mass is 16.6. The van der Waals surface area contributed by atoms with E-state index < -0.39 is 0 Å². The van der Waals surface area contributed by atoms with Crippen LogP contribution in [0.3, 0.4) is 0 Å². The molecule has 1 saturated heterocycles. The number of aryl methyl sites for hydroxylation is 2. The van der Waals surface area contributed by atoms with Crippen molar-refractivity contribution in [1.29, 1.82) is 0 Å². The molecule has 31 heavy (non-hydrogen) atoms. The van der Waals surface area contributed by atoms with Crippen molar-refractivity contribution in [3.8, 4) is 0 Å². The summed E-state index contributed by atoms with van der Waals surface area (Å²) in [5.74, 6) is 1.20. The smallest absolute Gasteiger partial charge is 0.351 e. The monoisotopic (exact) mass is 417 g/mol. The molecule has 4 rings (SSSR count). The molecule has 0 unspecified atom stereocenters. The van der Waals surface area contributed by atoms with E-state index in [1.807, 2.05) is 43.0 Å². The molecular formula is C24H27N5O2. The first-order chi connectivity index (χ1) is 15.0. The summed E-state index contributed by atoms with van der Waals surface area (Å²) in [5, 5.41) is 15.1. The van der Waals surface area contributed by atoms with Crippen LogP contribution in [-0.2, 0) is 6.42 Å². The van der Waals surface area contributed by atoms with Gasteiger partial charge in [-0.3, -0.25) is 10.1 Å². The lowest BCUT2D eigenvalue weighted by atomic mass is 9.90. The number of hydrogen-bond acceptors (Lipinski definition) is 6. The van der Waals surface area contributed by atoms with Crippen molar-refractivity contribution in [1.82, 2.24) is 9.97 Å². The second-order valence-corrected chi connectivity index (χ2v) is 8.20. The van der Waals surface area contributed by atoms with Crippen LogP contribution in [0.15, 0.2) is 54.9 Å². The second-order valence-electron chi connectivity index (χ2n) is 8.20. The molecule has 160 valence electrons.